The zero-order valence-corrected chi connectivity index (χ0v) is 9.75. The molecule has 0 aliphatic heterocycles. The SMILES string of the molecule is C=CC/C(=C/C/C(CCN)=C(\C)N)OC. The summed E-state index contributed by atoms with van der Waals surface area (Å²) in [6, 6.07) is 0. The van der Waals surface area contributed by atoms with Crippen LogP contribution in [0.2, 0.25) is 0 Å². The molecule has 15 heavy (non-hydrogen) atoms. The molecule has 0 spiro atoms. The highest BCUT2D eigenvalue weighted by molar-refractivity contribution is 5.15. The van der Waals surface area contributed by atoms with E-state index < -0.39 is 0 Å². The third-order valence-corrected chi connectivity index (χ3v) is 2.19. The van der Waals surface area contributed by atoms with Crippen molar-refractivity contribution in [3.63, 3.8) is 0 Å². The molecule has 0 atom stereocenters. The number of hydrogen-bond donors (Lipinski definition) is 2. The second-order valence-corrected chi connectivity index (χ2v) is 3.40. The lowest BCUT2D eigenvalue weighted by atomic mass is 10.1. The molecule has 0 fully saturated rings. The van der Waals surface area contributed by atoms with Gasteiger partial charge in [-0.15, -0.1) is 6.58 Å². The molecule has 0 aliphatic rings. The highest BCUT2D eigenvalue weighted by Gasteiger charge is 1.99. The smallest absolute Gasteiger partial charge is 0.0956 e. The summed E-state index contributed by atoms with van der Waals surface area (Å²) in [5.74, 6) is 0.917. The Bertz CT molecular complexity index is 250. The Morgan fingerprint density at radius 3 is 2.47 bits per heavy atom. The van der Waals surface area contributed by atoms with Crippen LogP contribution < -0.4 is 11.5 Å². The fourth-order valence-corrected chi connectivity index (χ4v) is 1.26. The van der Waals surface area contributed by atoms with Crippen LogP contribution in [0, 0.1) is 0 Å². The molecule has 4 N–H and O–H groups in total. The summed E-state index contributed by atoms with van der Waals surface area (Å²) in [5, 5.41) is 0. The van der Waals surface area contributed by atoms with Crippen molar-refractivity contribution in [1.82, 2.24) is 0 Å². The average Bonchev–Trinajstić information content (AvgIpc) is 2.21. The van der Waals surface area contributed by atoms with Crippen LogP contribution in [0.15, 0.2) is 35.8 Å². The fourth-order valence-electron chi connectivity index (χ4n) is 1.26. The molecule has 3 nitrogen and oxygen atoms in total. The van der Waals surface area contributed by atoms with E-state index in [1.165, 1.54) is 5.57 Å². The zero-order chi connectivity index (χ0) is 11.7. The summed E-state index contributed by atoms with van der Waals surface area (Å²) < 4.78 is 5.19. The van der Waals surface area contributed by atoms with Crippen LogP contribution in [0.5, 0.6) is 0 Å². The van der Waals surface area contributed by atoms with Crippen LogP contribution in [-0.4, -0.2) is 13.7 Å². The molecule has 0 aliphatic carbocycles. The van der Waals surface area contributed by atoms with E-state index in [2.05, 4.69) is 6.58 Å². The van der Waals surface area contributed by atoms with Crippen LogP contribution >= 0.6 is 0 Å². The number of allylic oxidation sites excluding steroid dienone is 3. The van der Waals surface area contributed by atoms with Crippen molar-refractivity contribution in [2.24, 2.45) is 11.5 Å². The first-order valence-electron chi connectivity index (χ1n) is 5.13. The molecule has 0 aromatic rings. The number of rotatable bonds is 7. The number of ether oxygens (including phenoxy) is 1. The molecule has 0 saturated carbocycles. The lowest BCUT2D eigenvalue weighted by Crippen LogP contribution is -2.05. The Hall–Kier alpha value is -1.22. The van der Waals surface area contributed by atoms with Gasteiger partial charge in [-0.25, -0.2) is 0 Å². The average molecular weight is 210 g/mol. The van der Waals surface area contributed by atoms with Crippen molar-refractivity contribution < 1.29 is 4.74 Å². The van der Waals surface area contributed by atoms with E-state index in [9.17, 15) is 0 Å². The maximum absolute atomic E-state index is 5.76. The number of hydrogen-bond acceptors (Lipinski definition) is 3. The molecule has 0 radical (unpaired) electrons. The van der Waals surface area contributed by atoms with Crippen LogP contribution in [0.1, 0.15) is 26.2 Å². The van der Waals surface area contributed by atoms with E-state index in [4.69, 9.17) is 16.2 Å². The van der Waals surface area contributed by atoms with Gasteiger partial charge in [0.25, 0.3) is 0 Å². The summed E-state index contributed by atoms with van der Waals surface area (Å²) in [4.78, 5) is 0. The highest BCUT2D eigenvalue weighted by Crippen LogP contribution is 2.13. The van der Waals surface area contributed by atoms with Crippen molar-refractivity contribution in [3.8, 4) is 0 Å². The Morgan fingerprint density at radius 2 is 2.07 bits per heavy atom. The van der Waals surface area contributed by atoms with Crippen molar-refractivity contribution in [2.45, 2.75) is 26.2 Å². The van der Waals surface area contributed by atoms with Crippen molar-refractivity contribution >= 4 is 0 Å². The molecule has 0 bridgehead atoms. The van der Waals surface area contributed by atoms with E-state index in [0.29, 0.717) is 6.54 Å². The Balaban J connectivity index is 4.41. The first kappa shape index (κ1) is 13.8. The molecule has 0 unspecified atom stereocenters. The van der Waals surface area contributed by atoms with E-state index >= 15 is 0 Å². The zero-order valence-electron chi connectivity index (χ0n) is 9.75. The van der Waals surface area contributed by atoms with E-state index in [0.717, 1.165) is 30.7 Å². The lowest BCUT2D eigenvalue weighted by Gasteiger charge is -2.07. The van der Waals surface area contributed by atoms with Gasteiger partial charge in [0.05, 0.1) is 12.9 Å². The highest BCUT2D eigenvalue weighted by atomic mass is 16.5. The van der Waals surface area contributed by atoms with Gasteiger partial charge in [-0.2, -0.15) is 0 Å². The first-order chi connectivity index (χ1) is 7.15. The molecule has 0 aromatic carbocycles. The predicted molar refractivity (Wildman–Crippen MR) is 65.1 cm³/mol. The maximum atomic E-state index is 5.76. The summed E-state index contributed by atoms with van der Waals surface area (Å²) in [6.07, 6.45) is 6.23. The summed E-state index contributed by atoms with van der Waals surface area (Å²) >= 11 is 0. The quantitative estimate of drug-likeness (QED) is 0.499. The molecule has 0 rings (SSSR count). The monoisotopic (exact) mass is 210 g/mol. The van der Waals surface area contributed by atoms with Crippen molar-refractivity contribution in [2.75, 3.05) is 13.7 Å². The molecule has 0 aromatic heterocycles. The molecule has 3 heteroatoms. The molecule has 0 heterocycles. The van der Waals surface area contributed by atoms with E-state index in [-0.39, 0.29) is 0 Å². The first-order valence-corrected chi connectivity index (χ1v) is 5.13. The van der Waals surface area contributed by atoms with Gasteiger partial charge in [0.2, 0.25) is 0 Å². The molecule has 0 saturated heterocycles. The fraction of sp³-hybridized carbons (Fsp3) is 0.500. The van der Waals surface area contributed by atoms with Crippen LogP contribution in [0.4, 0.5) is 0 Å². The van der Waals surface area contributed by atoms with Gasteiger partial charge >= 0.3 is 0 Å². The largest absolute Gasteiger partial charge is 0.501 e. The molecular weight excluding hydrogens is 188 g/mol. The molecular formula is C12H22N2O. The van der Waals surface area contributed by atoms with Gasteiger partial charge < -0.3 is 16.2 Å². The van der Waals surface area contributed by atoms with Gasteiger partial charge in [0.1, 0.15) is 0 Å². The normalized spacial score (nSPS) is 13.4. The Morgan fingerprint density at radius 1 is 1.40 bits per heavy atom. The van der Waals surface area contributed by atoms with Gasteiger partial charge in [-0.3, -0.25) is 0 Å². The van der Waals surface area contributed by atoms with E-state index in [1.807, 2.05) is 19.1 Å². The number of methoxy groups -OCH3 is 1. The van der Waals surface area contributed by atoms with Crippen LogP contribution in [0.25, 0.3) is 0 Å². The van der Waals surface area contributed by atoms with E-state index in [1.54, 1.807) is 7.11 Å². The summed E-state index contributed by atoms with van der Waals surface area (Å²) in [6.45, 7) is 6.20. The Kier molecular flexibility index (Phi) is 7.46. The second kappa shape index (κ2) is 8.12. The Labute approximate surface area is 92.5 Å². The maximum Gasteiger partial charge on any atom is 0.0956 e. The van der Waals surface area contributed by atoms with Crippen LogP contribution in [-0.2, 0) is 4.74 Å². The topological polar surface area (TPSA) is 61.3 Å². The summed E-state index contributed by atoms with van der Waals surface area (Å²) in [7, 11) is 1.66. The molecule has 0 amide bonds. The predicted octanol–water partition coefficient (Wildman–Crippen LogP) is 2.06. The van der Waals surface area contributed by atoms with Gasteiger partial charge in [0, 0.05) is 12.1 Å². The third-order valence-electron chi connectivity index (χ3n) is 2.19. The standard InChI is InChI=1S/C12H22N2O/c1-4-5-12(15-3)7-6-11(8-9-13)10(2)14/h4,7H,1,5-6,8-9,13-14H2,2-3H3/b11-10-,12-7-. The minimum Gasteiger partial charge on any atom is -0.501 e. The van der Waals surface area contributed by atoms with Gasteiger partial charge in [-0.1, -0.05) is 6.08 Å². The second-order valence-electron chi connectivity index (χ2n) is 3.40. The van der Waals surface area contributed by atoms with Gasteiger partial charge in [-0.05, 0) is 38.0 Å². The minimum atomic E-state index is 0.626. The van der Waals surface area contributed by atoms with Crippen molar-refractivity contribution in [3.05, 3.63) is 35.8 Å². The van der Waals surface area contributed by atoms with Crippen LogP contribution in [0.3, 0.4) is 0 Å². The molecule has 86 valence electrons. The lowest BCUT2D eigenvalue weighted by molar-refractivity contribution is 0.283. The number of nitrogens with two attached hydrogens (primary N) is 2. The third kappa shape index (κ3) is 5.96. The van der Waals surface area contributed by atoms with Gasteiger partial charge in [0.15, 0.2) is 0 Å². The summed E-state index contributed by atoms with van der Waals surface area (Å²) in [5.41, 5.74) is 13.3. The minimum absolute atomic E-state index is 0.626. The van der Waals surface area contributed by atoms with Crippen molar-refractivity contribution in [1.29, 1.82) is 0 Å².